The molecule has 1 atom stereocenters. The molecule has 90 valence electrons. The number of rotatable bonds is 2. The first-order valence-corrected chi connectivity index (χ1v) is 5.90. The Morgan fingerprint density at radius 3 is 2.65 bits per heavy atom. The van der Waals surface area contributed by atoms with E-state index in [1.54, 1.807) is 24.3 Å². The van der Waals surface area contributed by atoms with Crippen LogP contribution >= 0.6 is 0 Å². The minimum atomic E-state index is -0.581. The Bertz CT molecular complexity index is 427. The molecule has 3 heteroatoms. The number of benzene rings is 1. The van der Waals surface area contributed by atoms with Gasteiger partial charge in [-0.2, -0.15) is 5.06 Å². The SMILES string of the molecule is CC1(C(=O)N(O)c2ccccc2)C=CCCC1. The minimum absolute atomic E-state index is 0.264. The summed E-state index contributed by atoms with van der Waals surface area (Å²) >= 11 is 0. The van der Waals surface area contributed by atoms with Gasteiger partial charge in [0.05, 0.1) is 11.1 Å². The van der Waals surface area contributed by atoms with E-state index in [0.29, 0.717) is 5.69 Å². The molecule has 1 aromatic carbocycles. The van der Waals surface area contributed by atoms with Gasteiger partial charge >= 0.3 is 0 Å². The standard InChI is InChI=1S/C14H17NO2/c1-14(10-6-3-7-11-14)13(16)15(17)12-8-4-2-5-9-12/h2,4-6,8-10,17H,3,7,11H2,1H3. The van der Waals surface area contributed by atoms with Crippen molar-refractivity contribution in [1.82, 2.24) is 0 Å². The summed E-state index contributed by atoms with van der Waals surface area (Å²) in [6.45, 7) is 1.87. The number of nitrogens with zero attached hydrogens (tertiary/aromatic N) is 1. The molecule has 0 aromatic heterocycles. The summed E-state index contributed by atoms with van der Waals surface area (Å²) in [5.74, 6) is -0.264. The van der Waals surface area contributed by atoms with Crippen LogP contribution in [0.5, 0.6) is 0 Å². The molecule has 3 nitrogen and oxygen atoms in total. The number of para-hydroxylation sites is 1. The molecule has 1 aromatic rings. The molecule has 0 aliphatic heterocycles. The molecule has 0 saturated carbocycles. The second-order valence-electron chi connectivity index (χ2n) is 4.66. The van der Waals surface area contributed by atoms with E-state index in [-0.39, 0.29) is 5.91 Å². The van der Waals surface area contributed by atoms with Crippen molar-refractivity contribution < 1.29 is 10.0 Å². The molecule has 1 aliphatic rings. The average molecular weight is 231 g/mol. The molecule has 0 radical (unpaired) electrons. The van der Waals surface area contributed by atoms with Gasteiger partial charge in [-0.1, -0.05) is 30.4 Å². The maximum atomic E-state index is 12.2. The zero-order chi connectivity index (χ0) is 12.3. The van der Waals surface area contributed by atoms with Gasteiger partial charge in [0.2, 0.25) is 0 Å². The van der Waals surface area contributed by atoms with Gasteiger partial charge < -0.3 is 0 Å². The summed E-state index contributed by atoms with van der Waals surface area (Å²) in [6, 6.07) is 8.88. The van der Waals surface area contributed by atoms with E-state index in [9.17, 15) is 10.0 Å². The summed E-state index contributed by atoms with van der Waals surface area (Å²) in [4.78, 5) is 12.2. The van der Waals surface area contributed by atoms with Crippen molar-refractivity contribution in [2.75, 3.05) is 5.06 Å². The molecule has 2 rings (SSSR count). The lowest BCUT2D eigenvalue weighted by Gasteiger charge is -2.30. The molecule has 0 bridgehead atoms. The highest BCUT2D eigenvalue weighted by molar-refractivity contribution is 5.96. The maximum Gasteiger partial charge on any atom is 0.260 e. The van der Waals surface area contributed by atoms with Crippen LogP contribution < -0.4 is 5.06 Å². The first-order chi connectivity index (χ1) is 8.13. The molecular weight excluding hydrogens is 214 g/mol. The number of hydroxylamine groups is 1. The Morgan fingerprint density at radius 2 is 2.06 bits per heavy atom. The Kier molecular flexibility index (Phi) is 3.29. The molecule has 1 aliphatic carbocycles. The van der Waals surface area contributed by atoms with E-state index in [4.69, 9.17) is 0 Å². The molecule has 17 heavy (non-hydrogen) atoms. The molecular formula is C14H17NO2. The third-order valence-corrected chi connectivity index (χ3v) is 3.23. The smallest absolute Gasteiger partial charge is 0.260 e. The lowest BCUT2D eigenvalue weighted by atomic mass is 9.80. The fourth-order valence-electron chi connectivity index (χ4n) is 2.12. The number of carbonyl (C=O) groups is 1. The number of amides is 1. The van der Waals surface area contributed by atoms with Gasteiger partial charge in [-0.05, 0) is 38.3 Å². The topological polar surface area (TPSA) is 40.5 Å². The molecule has 1 unspecified atom stereocenters. The fraction of sp³-hybridized carbons (Fsp3) is 0.357. The number of hydrogen-bond donors (Lipinski definition) is 1. The van der Waals surface area contributed by atoms with Crippen molar-refractivity contribution in [3.05, 3.63) is 42.5 Å². The fourth-order valence-corrected chi connectivity index (χ4v) is 2.12. The Morgan fingerprint density at radius 1 is 1.35 bits per heavy atom. The van der Waals surface area contributed by atoms with Crippen LogP contribution in [0.15, 0.2) is 42.5 Å². The van der Waals surface area contributed by atoms with Crippen LogP contribution in [0, 0.1) is 5.41 Å². The Labute approximate surface area is 101 Å². The monoisotopic (exact) mass is 231 g/mol. The van der Waals surface area contributed by atoms with Crippen LogP contribution in [0.1, 0.15) is 26.2 Å². The number of carbonyl (C=O) groups excluding carboxylic acids is 1. The number of anilines is 1. The van der Waals surface area contributed by atoms with Gasteiger partial charge in [0.15, 0.2) is 0 Å². The van der Waals surface area contributed by atoms with E-state index >= 15 is 0 Å². The van der Waals surface area contributed by atoms with Crippen molar-refractivity contribution in [2.45, 2.75) is 26.2 Å². The highest BCUT2D eigenvalue weighted by Gasteiger charge is 2.35. The van der Waals surface area contributed by atoms with Crippen LogP contribution in [0.4, 0.5) is 5.69 Å². The molecule has 1 N–H and O–H groups in total. The van der Waals surface area contributed by atoms with Gasteiger partial charge in [-0.15, -0.1) is 0 Å². The summed E-state index contributed by atoms with van der Waals surface area (Å²) < 4.78 is 0. The predicted octanol–water partition coefficient (Wildman–Crippen LogP) is 3.16. The quantitative estimate of drug-likeness (QED) is 0.482. The van der Waals surface area contributed by atoms with E-state index in [0.717, 1.165) is 24.3 Å². The molecule has 0 spiro atoms. The van der Waals surface area contributed by atoms with Crippen molar-refractivity contribution >= 4 is 11.6 Å². The zero-order valence-corrected chi connectivity index (χ0v) is 9.97. The van der Waals surface area contributed by atoms with Gasteiger partial charge in [-0.3, -0.25) is 10.0 Å². The van der Waals surface area contributed by atoms with E-state index in [1.165, 1.54) is 0 Å². The summed E-state index contributed by atoms with van der Waals surface area (Å²) in [5.41, 5.74) is -0.0688. The third-order valence-electron chi connectivity index (χ3n) is 3.23. The van der Waals surface area contributed by atoms with Crippen molar-refractivity contribution in [1.29, 1.82) is 0 Å². The van der Waals surface area contributed by atoms with E-state index < -0.39 is 5.41 Å². The number of allylic oxidation sites excluding steroid dienone is 1. The summed E-state index contributed by atoms with van der Waals surface area (Å²) in [7, 11) is 0. The second kappa shape index (κ2) is 4.72. The lowest BCUT2D eigenvalue weighted by Crippen LogP contribution is -2.40. The molecule has 0 saturated heterocycles. The highest BCUT2D eigenvalue weighted by atomic mass is 16.5. The maximum absolute atomic E-state index is 12.2. The van der Waals surface area contributed by atoms with Crippen LogP contribution in [0.25, 0.3) is 0 Å². The summed E-state index contributed by atoms with van der Waals surface area (Å²) in [6.07, 6.45) is 6.71. The normalized spacial score (nSPS) is 23.4. The predicted molar refractivity (Wildman–Crippen MR) is 66.8 cm³/mol. The lowest BCUT2D eigenvalue weighted by molar-refractivity contribution is -0.131. The zero-order valence-electron chi connectivity index (χ0n) is 9.97. The summed E-state index contributed by atoms with van der Waals surface area (Å²) in [5, 5.41) is 10.7. The first kappa shape index (κ1) is 11.9. The van der Waals surface area contributed by atoms with E-state index in [2.05, 4.69) is 0 Å². The Hall–Kier alpha value is -1.61. The van der Waals surface area contributed by atoms with Crippen LogP contribution in [0.3, 0.4) is 0 Å². The van der Waals surface area contributed by atoms with Crippen LogP contribution in [-0.4, -0.2) is 11.1 Å². The highest BCUT2D eigenvalue weighted by Crippen LogP contribution is 2.33. The van der Waals surface area contributed by atoms with Gasteiger partial charge in [0.1, 0.15) is 0 Å². The third kappa shape index (κ3) is 2.39. The molecule has 0 fully saturated rings. The first-order valence-electron chi connectivity index (χ1n) is 5.90. The van der Waals surface area contributed by atoms with Crippen molar-refractivity contribution in [3.63, 3.8) is 0 Å². The van der Waals surface area contributed by atoms with Crippen molar-refractivity contribution in [3.8, 4) is 0 Å². The minimum Gasteiger partial charge on any atom is -0.281 e. The molecule has 1 amide bonds. The van der Waals surface area contributed by atoms with Crippen molar-refractivity contribution in [2.24, 2.45) is 5.41 Å². The Balaban J connectivity index is 2.20. The second-order valence-corrected chi connectivity index (χ2v) is 4.66. The van der Waals surface area contributed by atoms with E-state index in [1.807, 2.05) is 25.1 Å². The van der Waals surface area contributed by atoms with Crippen LogP contribution in [0.2, 0.25) is 0 Å². The van der Waals surface area contributed by atoms with Crippen LogP contribution in [-0.2, 0) is 4.79 Å². The largest absolute Gasteiger partial charge is 0.281 e. The molecule has 0 heterocycles. The van der Waals surface area contributed by atoms with Gasteiger partial charge in [0.25, 0.3) is 5.91 Å². The number of hydrogen-bond acceptors (Lipinski definition) is 2. The van der Waals surface area contributed by atoms with Gasteiger partial charge in [0, 0.05) is 0 Å². The van der Waals surface area contributed by atoms with Gasteiger partial charge in [-0.25, -0.2) is 0 Å². The average Bonchev–Trinajstić information content (AvgIpc) is 2.39.